The zero-order valence-electron chi connectivity index (χ0n) is 11.8. The van der Waals surface area contributed by atoms with Gasteiger partial charge in [-0.05, 0) is 35.2 Å². The fourth-order valence-corrected chi connectivity index (χ4v) is 3.77. The number of nitrogens with zero attached hydrogens (tertiary/aromatic N) is 2. The summed E-state index contributed by atoms with van der Waals surface area (Å²) in [5, 5.41) is 4.11. The molecule has 0 aliphatic carbocycles. The normalized spacial score (nSPS) is 24.8. The van der Waals surface area contributed by atoms with Crippen molar-refractivity contribution in [1.82, 2.24) is 9.80 Å². The standard InChI is InChI=1S/C15H22N2O2S/c18-15(10-13-3-9-20-12-13)17-4-1-2-14(11-17)16-5-7-19-8-6-16/h3,9,12,14H,1-2,4-8,10-11H2. The zero-order valence-corrected chi connectivity index (χ0v) is 12.6. The highest BCUT2D eigenvalue weighted by Gasteiger charge is 2.28. The van der Waals surface area contributed by atoms with Crippen LogP contribution in [0.15, 0.2) is 16.8 Å². The van der Waals surface area contributed by atoms with Gasteiger partial charge in [0.05, 0.1) is 19.6 Å². The third-order valence-electron chi connectivity index (χ3n) is 4.25. The second-order valence-electron chi connectivity index (χ2n) is 5.59. The van der Waals surface area contributed by atoms with Crippen LogP contribution in [0.2, 0.25) is 0 Å². The first-order chi connectivity index (χ1) is 9.83. The van der Waals surface area contributed by atoms with Crippen molar-refractivity contribution in [1.29, 1.82) is 0 Å². The van der Waals surface area contributed by atoms with Gasteiger partial charge in [-0.1, -0.05) is 0 Å². The van der Waals surface area contributed by atoms with E-state index in [0.29, 0.717) is 12.5 Å². The summed E-state index contributed by atoms with van der Waals surface area (Å²) in [6.45, 7) is 5.50. The molecular formula is C15H22N2O2S. The first-order valence-corrected chi connectivity index (χ1v) is 8.38. The predicted molar refractivity (Wildman–Crippen MR) is 80.0 cm³/mol. The molecule has 2 saturated heterocycles. The van der Waals surface area contributed by atoms with Crippen molar-refractivity contribution < 1.29 is 9.53 Å². The lowest BCUT2D eigenvalue weighted by atomic mass is 10.0. The number of morpholine rings is 1. The summed E-state index contributed by atoms with van der Waals surface area (Å²) >= 11 is 1.66. The van der Waals surface area contributed by atoms with Gasteiger partial charge in [0.15, 0.2) is 0 Å². The summed E-state index contributed by atoms with van der Waals surface area (Å²) in [5.74, 6) is 0.279. The first-order valence-electron chi connectivity index (χ1n) is 7.43. The summed E-state index contributed by atoms with van der Waals surface area (Å²) in [6, 6.07) is 2.57. The lowest BCUT2D eigenvalue weighted by molar-refractivity contribution is -0.133. The Balaban J connectivity index is 1.55. The maximum absolute atomic E-state index is 12.4. The van der Waals surface area contributed by atoms with E-state index in [0.717, 1.165) is 51.4 Å². The van der Waals surface area contributed by atoms with Crippen LogP contribution in [0, 0.1) is 0 Å². The Morgan fingerprint density at radius 2 is 2.20 bits per heavy atom. The van der Waals surface area contributed by atoms with E-state index in [1.807, 2.05) is 11.4 Å². The van der Waals surface area contributed by atoms with E-state index in [1.54, 1.807) is 11.3 Å². The Morgan fingerprint density at radius 3 is 2.95 bits per heavy atom. The summed E-state index contributed by atoms with van der Waals surface area (Å²) < 4.78 is 5.41. The van der Waals surface area contributed by atoms with Gasteiger partial charge in [0.1, 0.15) is 0 Å². The molecule has 1 aromatic rings. The molecule has 0 radical (unpaired) electrons. The van der Waals surface area contributed by atoms with Crippen LogP contribution >= 0.6 is 11.3 Å². The summed E-state index contributed by atoms with van der Waals surface area (Å²) in [6.07, 6.45) is 2.89. The molecule has 1 unspecified atom stereocenters. The van der Waals surface area contributed by atoms with Gasteiger partial charge in [-0.15, -0.1) is 0 Å². The fourth-order valence-electron chi connectivity index (χ4n) is 3.10. The van der Waals surface area contributed by atoms with Crippen molar-refractivity contribution in [3.8, 4) is 0 Å². The maximum Gasteiger partial charge on any atom is 0.227 e. The van der Waals surface area contributed by atoms with Crippen LogP contribution in [0.3, 0.4) is 0 Å². The van der Waals surface area contributed by atoms with Crippen LogP contribution in [0.1, 0.15) is 18.4 Å². The minimum atomic E-state index is 0.279. The Bertz CT molecular complexity index is 429. The molecule has 1 aromatic heterocycles. The molecule has 0 bridgehead atoms. The zero-order chi connectivity index (χ0) is 13.8. The smallest absolute Gasteiger partial charge is 0.227 e. The molecule has 0 spiro atoms. The number of rotatable bonds is 3. The van der Waals surface area contributed by atoms with Gasteiger partial charge in [0, 0.05) is 32.2 Å². The number of carbonyl (C=O) groups is 1. The molecule has 0 saturated carbocycles. The highest BCUT2D eigenvalue weighted by Crippen LogP contribution is 2.18. The van der Waals surface area contributed by atoms with Gasteiger partial charge in [0.25, 0.3) is 0 Å². The molecule has 3 rings (SSSR count). The highest BCUT2D eigenvalue weighted by atomic mass is 32.1. The molecule has 0 N–H and O–H groups in total. The summed E-state index contributed by atoms with van der Waals surface area (Å²) in [4.78, 5) is 16.9. The molecular weight excluding hydrogens is 272 g/mol. The van der Waals surface area contributed by atoms with Crippen LogP contribution in [0.5, 0.6) is 0 Å². The minimum Gasteiger partial charge on any atom is -0.379 e. The SMILES string of the molecule is O=C(Cc1ccsc1)N1CCCC(N2CCOCC2)C1. The average Bonchev–Trinajstić information content (AvgIpc) is 3.01. The van der Waals surface area contributed by atoms with Gasteiger partial charge in [-0.25, -0.2) is 0 Å². The van der Waals surface area contributed by atoms with Crippen molar-refractivity contribution in [2.24, 2.45) is 0 Å². The average molecular weight is 294 g/mol. The molecule has 2 aliphatic heterocycles. The van der Waals surface area contributed by atoms with Crippen LogP contribution in [-0.4, -0.2) is 61.1 Å². The molecule has 4 nitrogen and oxygen atoms in total. The molecule has 1 atom stereocenters. The number of carbonyl (C=O) groups excluding carboxylic acids is 1. The minimum absolute atomic E-state index is 0.279. The molecule has 0 aromatic carbocycles. The van der Waals surface area contributed by atoms with Crippen LogP contribution < -0.4 is 0 Å². The van der Waals surface area contributed by atoms with Crippen LogP contribution in [0.4, 0.5) is 0 Å². The number of thiophene rings is 1. The molecule has 5 heteroatoms. The maximum atomic E-state index is 12.4. The van der Waals surface area contributed by atoms with E-state index in [-0.39, 0.29) is 5.91 Å². The third kappa shape index (κ3) is 3.40. The molecule has 110 valence electrons. The van der Waals surface area contributed by atoms with Crippen molar-refractivity contribution in [3.05, 3.63) is 22.4 Å². The van der Waals surface area contributed by atoms with E-state index in [9.17, 15) is 4.79 Å². The van der Waals surface area contributed by atoms with Crippen LogP contribution in [-0.2, 0) is 16.0 Å². The Kier molecular flexibility index (Phi) is 4.70. The first kappa shape index (κ1) is 14.0. The number of piperidine rings is 1. The number of ether oxygens (including phenoxy) is 1. The van der Waals surface area contributed by atoms with Gasteiger partial charge < -0.3 is 9.64 Å². The summed E-state index contributed by atoms with van der Waals surface area (Å²) in [5.41, 5.74) is 1.15. The molecule has 1 amide bonds. The largest absolute Gasteiger partial charge is 0.379 e. The van der Waals surface area contributed by atoms with Crippen LogP contribution in [0.25, 0.3) is 0 Å². The van der Waals surface area contributed by atoms with E-state index in [4.69, 9.17) is 4.74 Å². The molecule has 2 fully saturated rings. The number of amides is 1. The fraction of sp³-hybridized carbons (Fsp3) is 0.667. The number of likely N-dealkylation sites (tertiary alicyclic amines) is 1. The molecule has 20 heavy (non-hydrogen) atoms. The number of hydrogen-bond donors (Lipinski definition) is 0. The van der Waals surface area contributed by atoms with Gasteiger partial charge in [0.2, 0.25) is 5.91 Å². The van der Waals surface area contributed by atoms with E-state index in [2.05, 4.69) is 15.2 Å². The second kappa shape index (κ2) is 6.70. The van der Waals surface area contributed by atoms with Crippen molar-refractivity contribution >= 4 is 17.2 Å². The lowest BCUT2D eigenvalue weighted by Crippen LogP contribution is -2.53. The Hall–Kier alpha value is -0.910. The Morgan fingerprint density at radius 1 is 1.35 bits per heavy atom. The second-order valence-corrected chi connectivity index (χ2v) is 6.37. The number of hydrogen-bond acceptors (Lipinski definition) is 4. The van der Waals surface area contributed by atoms with Gasteiger partial charge in [-0.3, -0.25) is 9.69 Å². The lowest BCUT2D eigenvalue weighted by Gasteiger charge is -2.40. The molecule has 3 heterocycles. The van der Waals surface area contributed by atoms with E-state index >= 15 is 0 Å². The van der Waals surface area contributed by atoms with E-state index in [1.165, 1.54) is 6.42 Å². The van der Waals surface area contributed by atoms with Crippen molar-refractivity contribution in [2.75, 3.05) is 39.4 Å². The third-order valence-corrected chi connectivity index (χ3v) is 4.98. The Labute approximate surface area is 124 Å². The monoisotopic (exact) mass is 294 g/mol. The molecule has 2 aliphatic rings. The quantitative estimate of drug-likeness (QED) is 0.849. The topological polar surface area (TPSA) is 32.8 Å². The van der Waals surface area contributed by atoms with Crippen molar-refractivity contribution in [2.45, 2.75) is 25.3 Å². The van der Waals surface area contributed by atoms with Gasteiger partial charge >= 0.3 is 0 Å². The highest BCUT2D eigenvalue weighted by molar-refractivity contribution is 7.07. The van der Waals surface area contributed by atoms with Gasteiger partial charge in [-0.2, -0.15) is 11.3 Å². The van der Waals surface area contributed by atoms with Crippen molar-refractivity contribution in [3.63, 3.8) is 0 Å². The predicted octanol–water partition coefficient (Wildman–Crippen LogP) is 1.61. The van der Waals surface area contributed by atoms with E-state index < -0.39 is 0 Å². The summed E-state index contributed by atoms with van der Waals surface area (Å²) in [7, 11) is 0.